The topological polar surface area (TPSA) is 88.5 Å². The summed E-state index contributed by atoms with van der Waals surface area (Å²) in [6, 6.07) is 18.0. The van der Waals surface area contributed by atoms with Gasteiger partial charge in [-0.05, 0) is 60.2 Å². The summed E-state index contributed by atoms with van der Waals surface area (Å²) in [7, 11) is 6.25. The average molecular weight is 519 g/mol. The minimum Gasteiger partial charge on any atom is -0.493 e. The highest BCUT2D eigenvalue weighted by atomic mass is 32.2. The van der Waals surface area contributed by atoms with Crippen molar-refractivity contribution < 1.29 is 28.6 Å². The quantitative estimate of drug-likeness (QED) is 0.122. The summed E-state index contributed by atoms with van der Waals surface area (Å²) in [4.78, 5) is 23.9. The highest BCUT2D eigenvalue weighted by Gasteiger charge is 2.20. The lowest BCUT2D eigenvalue weighted by Crippen LogP contribution is -2.11. The molecule has 1 aromatic heterocycles. The summed E-state index contributed by atoms with van der Waals surface area (Å²) < 4.78 is 21.9. The van der Waals surface area contributed by atoms with E-state index >= 15 is 0 Å². The van der Waals surface area contributed by atoms with Gasteiger partial charge in [-0.1, -0.05) is 17.3 Å². The number of nitrogens with zero attached hydrogens (tertiary/aromatic N) is 2. The Bertz CT molecular complexity index is 1470. The molecule has 0 aliphatic heterocycles. The van der Waals surface area contributed by atoms with Gasteiger partial charge >= 0.3 is 5.97 Å². The van der Waals surface area contributed by atoms with Gasteiger partial charge in [0.1, 0.15) is 11.4 Å². The summed E-state index contributed by atoms with van der Waals surface area (Å²) in [5.41, 5.74) is 1.84. The maximum atomic E-state index is 13.0. The number of ether oxygens (including phenoxy) is 4. The molecule has 0 aliphatic carbocycles. The first-order valence-electron chi connectivity index (χ1n) is 11.2. The van der Waals surface area contributed by atoms with Gasteiger partial charge in [0.25, 0.3) is 0 Å². The van der Waals surface area contributed by atoms with E-state index in [0.717, 1.165) is 15.7 Å². The van der Waals surface area contributed by atoms with Gasteiger partial charge in [0, 0.05) is 22.0 Å². The molecule has 0 saturated heterocycles. The van der Waals surface area contributed by atoms with Crippen LogP contribution >= 0.6 is 11.8 Å². The van der Waals surface area contributed by atoms with Crippen LogP contribution in [0.2, 0.25) is 0 Å². The van der Waals surface area contributed by atoms with Crippen molar-refractivity contribution >= 4 is 34.2 Å². The third kappa shape index (κ3) is 5.31. The maximum absolute atomic E-state index is 13.0. The first kappa shape index (κ1) is 25.8. The number of oxime groups is 1. The summed E-state index contributed by atoms with van der Waals surface area (Å²) >= 11 is 1.45. The van der Waals surface area contributed by atoms with Gasteiger partial charge in [-0.25, -0.2) is 4.79 Å². The molecule has 4 rings (SSSR count). The molecule has 1 heterocycles. The van der Waals surface area contributed by atoms with Crippen LogP contribution in [0.15, 0.2) is 76.9 Å². The summed E-state index contributed by atoms with van der Waals surface area (Å²) in [5.74, 6) is 1.57. The second kappa shape index (κ2) is 11.7. The van der Waals surface area contributed by atoms with Crippen LogP contribution < -0.4 is 18.9 Å². The van der Waals surface area contributed by atoms with Crippen LogP contribution in [-0.4, -0.2) is 51.4 Å². The summed E-state index contributed by atoms with van der Waals surface area (Å²) in [6.07, 6.45) is 3.55. The second-order valence-electron chi connectivity index (χ2n) is 7.68. The molecule has 0 fully saturated rings. The minimum absolute atomic E-state index is 0.328. The number of hydrogen-bond donors (Lipinski definition) is 0. The fraction of sp³-hybridized carbons (Fsp3) is 0.179. The normalized spacial score (nSPS) is 11.2. The monoisotopic (exact) mass is 518 g/mol. The van der Waals surface area contributed by atoms with Crippen molar-refractivity contribution in [3.05, 3.63) is 83.7 Å². The van der Waals surface area contributed by atoms with Gasteiger partial charge in [-0.2, -0.15) is 0 Å². The van der Waals surface area contributed by atoms with E-state index in [1.807, 2.05) is 36.6 Å². The van der Waals surface area contributed by atoms with Crippen molar-refractivity contribution in [2.45, 2.75) is 4.90 Å². The van der Waals surface area contributed by atoms with Gasteiger partial charge in [-0.3, -0.25) is 4.98 Å². The Morgan fingerprint density at radius 2 is 1.49 bits per heavy atom. The molecule has 37 heavy (non-hydrogen) atoms. The lowest BCUT2D eigenvalue weighted by Gasteiger charge is -2.14. The lowest BCUT2D eigenvalue weighted by molar-refractivity contribution is 0.0513. The number of thioether (sulfide) groups is 1. The largest absolute Gasteiger partial charge is 0.493 e. The van der Waals surface area contributed by atoms with E-state index in [1.54, 1.807) is 65.0 Å². The molecule has 4 aromatic rings. The van der Waals surface area contributed by atoms with Crippen molar-refractivity contribution in [3.8, 4) is 23.0 Å². The fourth-order valence-electron chi connectivity index (χ4n) is 3.85. The molecule has 0 amide bonds. The molecule has 3 aromatic carbocycles. The number of methoxy groups -OCH3 is 4. The Morgan fingerprint density at radius 1 is 0.811 bits per heavy atom. The van der Waals surface area contributed by atoms with Gasteiger partial charge in [-0.15, -0.1) is 11.8 Å². The van der Waals surface area contributed by atoms with Crippen molar-refractivity contribution in [2.75, 3.05) is 34.7 Å². The van der Waals surface area contributed by atoms with E-state index in [2.05, 4.69) is 10.1 Å². The molecule has 0 unspecified atom stereocenters. The van der Waals surface area contributed by atoms with E-state index in [4.69, 9.17) is 23.8 Å². The Kier molecular flexibility index (Phi) is 8.15. The van der Waals surface area contributed by atoms with Crippen molar-refractivity contribution in [2.24, 2.45) is 5.16 Å². The van der Waals surface area contributed by atoms with Crippen LogP contribution in [0.3, 0.4) is 0 Å². The van der Waals surface area contributed by atoms with E-state index < -0.39 is 5.97 Å². The zero-order chi connectivity index (χ0) is 26.4. The molecule has 0 radical (unpaired) electrons. The van der Waals surface area contributed by atoms with Crippen LogP contribution in [0.1, 0.15) is 21.6 Å². The van der Waals surface area contributed by atoms with Crippen molar-refractivity contribution in [3.63, 3.8) is 0 Å². The minimum atomic E-state index is -0.581. The van der Waals surface area contributed by atoms with Crippen molar-refractivity contribution in [1.82, 2.24) is 4.98 Å². The summed E-state index contributed by atoms with van der Waals surface area (Å²) in [5, 5.41) is 5.90. The average Bonchev–Trinajstić information content (AvgIpc) is 2.96. The number of benzene rings is 3. The third-order valence-corrected chi connectivity index (χ3v) is 6.49. The second-order valence-corrected chi connectivity index (χ2v) is 8.52. The van der Waals surface area contributed by atoms with Gasteiger partial charge in [0.05, 0.1) is 34.0 Å². The van der Waals surface area contributed by atoms with Crippen LogP contribution in [-0.2, 0) is 4.84 Å². The Balaban J connectivity index is 1.90. The Hall–Kier alpha value is -4.24. The Morgan fingerprint density at radius 3 is 2.19 bits per heavy atom. The SMILES string of the molecule is COc1ccc(C(=NOC(=O)c2ccccc2SC)c2nccc3cc(OC)c(OC)cc23)cc1OC. The molecule has 0 N–H and O–H groups in total. The van der Waals surface area contributed by atoms with E-state index in [-0.39, 0.29) is 0 Å². The Labute approximate surface area is 219 Å². The van der Waals surface area contributed by atoms with Crippen LogP contribution in [0.5, 0.6) is 23.0 Å². The van der Waals surface area contributed by atoms with Gasteiger partial charge < -0.3 is 23.8 Å². The van der Waals surface area contributed by atoms with E-state index in [1.165, 1.54) is 11.8 Å². The standard InChI is InChI=1S/C28H26N2O6S/c1-32-21-11-10-18(15-22(21)33-2)26(30-36-28(31)19-8-6-7-9-25(19)37-5)27-20-16-24(35-4)23(34-3)14-17(20)12-13-29-27/h6-16H,1-5H3. The number of aromatic nitrogens is 1. The zero-order valence-corrected chi connectivity index (χ0v) is 21.9. The molecule has 0 atom stereocenters. The number of pyridine rings is 1. The number of rotatable bonds is 9. The van der Waals surface area contributed by atoms with Crippen LogP contribution in [0, 0.1) is 0 Å². The highest BCUT2D eigenvalue weighted by Crippen LogP contribution is 2.35. The summed E-state index contributed by atoms with van der Waals surface area (Å²) in [6.45, 7) is 0. The first-order chi connectivity index (χ1) is 18.0. The predicted molar refractivity (Wildman–Crippen MR) is 144 cm³/mol. The molecule has 8 nitrogen and oxygen atoms in total. The third-order valence-electron chi connectivity index (χ3n) is 5.70. The molecule has 9 heteroatoms. The van der Waals surface area contributed by atoms with Crippen LogP contribution in [0.4, 0.5) is 0 Å². The van der Waals surface area contributed by atoms with Gasteiger partial charge in [0.2, 0.25) is 0 Å². The highest BCUT2D eigenvalue weighted by molar-refractivity contribution is 7.98. The number of carbonyl (C=O) groups is 1. The predicted octanol–water partition coefficient (Wildman–Crippen LogP) is 5.60. The first-order valence-corrected chi connectivity index (χ1v) is 12.4. The fourth-order valence-corrected chi connectivity index (χ4v) is 4.44. The molecular formula is C28H26N2O6S. The van der Waals surface area contributed by atoms with Crippen LogP contribution in [0.25, 0.3) is 10.8 Å². The molecule has 0 saturated carbocycles. The number of hydrogen-bond acceptors (Lipinski definition) is 9. The molecule has 0 aliphatic rings. The van der Waals surface area contributed by atoms with E-state index in [9.17, 15) is 4.79 Å². The molecule has 0 bridgehead atoms. The van der Waals surface area contributed by atoms with Crippen molar-refractivity contribution in [1.29, 1.82) is 0 Å². The van der Waals surface area contributed by atoms with E-state index in [0.29, 0.717) is 45.5 Å². The molecule has 0 spiro atoms. The lowest BCUT2D eigenvalue weighted by atomic mass is 10.0. The number of fused-ring (bicyclic) bond motifs is 1. The van der Waals surface area contributed by atoms with Gasteiger partial charge in [0.15, 0.2) is 23.0 Å². The number of carbonyl (C=O) groups excluding carboxylic acids is 1. The maximum Gasteiger partial charge on any atom is 0.366 e. The molecular weight excluding hydrogens is 492 g/mol. The zero-order valence-electron chi connectivity index (χ0n) is 21.1. The smallest absolute Gasteiger partial charge is 0.366 e. The molecule has 190 valence electrons.